The molecule has 11 nitrogen and oxygen atoms in total. The summed E-state index contributed by atoms with van der Waals surface area (Å²) in [5.74, 6) is 0.0926. The van der Waals surface area contributed by atoms with E-state index in [9.17, 15) is 19.5 Å². The minimum atomic E-state index is -0.792. The molecule has 6 rings (SSSR count). The van der Waals surface area contributed by atoms with Crippen LogP contribution >= 0.6 is 15.9 Å². The third kappa shape index (κ3) is 4.58. The number of likely N-dealkylation sites (tertiary alicyclic amines) is 1. The molecular formula is C30H30BrN7O4. The SMILES string of the molecule is CC(=O)c1nn(CC(=O)N2[C@H](C(=O)Nc3nc(Br)ccc3C)C[C@@]3(C)[C@@H](O)[C@@H]23)c2c(C)cc(-c3cnc(C)nc3)cc12. The third-order valence-electron chi connectivity index (χ3n) is 8.47. The van der Waals surface area contributed by atoms with Gasteiger partial charge in [0.05, 0.1) is 17.7 Å². The van der Waals surface area contributed by atoms with Gasteiger partial charge in [-0.05, 0) is 78.0 Å². The van der Waals surface area contributed by atoms with Crippen LogP contribution < -0.4 is 5.32 Å². The second-order valence-electron chi connectivity index (χ2n) is 11.5. The van der Waals surface area contributed by atoms with Gasteiger partial charge in [-0.2, -0.15) is 5.10 Å². The second-order valence-corrected chi connectivity index (χ2v) is 12.3. The second kappa shape index (κ2) is 10.1. The highest BCUT2D eigenvalue weighted by Gasteiger charge is 2.72. The Balaban J connectivity index is 1.33. The molecule has 2 fully saturated rings. The number of anilines is 1. The van der Waals surface area contributed by atoms with Gasteiger partial charge >= 0.3 is 0 Å². The average molecular weight is 633 g/mol. The molecule has 1 aromatic carbocycles. The van der Waals surface area contributed by atoms with E-state index < -0.39 is 23.6 Å². The maximum Gasteiger partial charge on any atom is 0.248 e. The third-order valence-corrected chi connectivity index (χ3v) is 8.91. The Kier molecular flexibility index (Phi) is 6.73. The van der Waals surface area contributed by atoms with Crippen molar-refractivity contribution >= 4 is 50.2 Å². The highest BCUT2D eigenvalue weighted by Crippen LogP contribution is 2.59. The van der Waals surface area contributed by atoms with Gasteiger partial charge < -0.3 is 15.3 Å². The number of benzene rings is 1. The molecule has 1 aliphatic carbocycles. The van der Waals surface area contributed by atoms with Crippen LogP contribution in [0.3, 0.4) is 0 Å². The maximum atomic E-state index is 13.9. The molecule has 0 bridgehead atoms. The molecule has 42 heavy (non-hydrogen) atoms. The zero-order chi connectivity index (χ0) is 30.1. The van der Waals surface area contributed by atoms with Crippen molar-refractivity contribution < 1.29 is 19.5 Å². The van der Waals surface area contributed by atoms with Gasteiger partial charge in [0.25, 0.3) is 0 Å². The highest BCUT2D eigenvalue weighted by molar-refractivity contribution is 9.10. The number of amides is 2. The standard InChI is InChI=1S/C30H30BrN7O4/c1-14-6-7-22(31)34-28(14)35-29(42)21-10-30(5)26(27(30)41)38(21)23(40)13-37-25-15(2)8-18(19-11-32-17(4)33-12-19)9-20(25)24(36-37)16(3)39/h6-9,11-12,21,26-27,41H,10,13H2,1-5H3,(H,34,35,42)/t21-,26+,27-,30+/m0/s1. The van der Waals surface area contributed by atoms with Crippen molar-refractivity contribution in [3.8, 4) is 11.1 Å². The number of nitrogens with zero attached hydrogens (tertiary/aromatic N) is 6. The fourth-order valence-electron chi connectivity index (χ4n) is 6.14. The van der Waals surface area contributed by atoms with Gasteiger partial charge in [-0.15, -0.1) is 0 Å². The zero-order valence-electron chi connectivity index (χ0n) is 23.8. The van der Waals surface area contributed by atoms with Crippen LogP contribution in [0, 0.1) is 26.2 Å². The topological polar surface area (TPSA) is 143 Å². The summed E-state index contributed by atoms with van der Waals surface area (Å²) in [6.45, 7) is 8.67. The quantitative estimate of drug-likeness (QED) is 0.242. The van der Waals surface area contributed by atoms with Crippen LogP contribution in [0.5, 0.6) is 0 Å². The first-order chi connectivity index (χ1) is 19.9. The van der Waals surface area contributed by atoms with E-state index in [2.05, 4.69) is 41.3 Å². The minimum absolute atomic E-state index is 0.200. The molecule has 1 aliphatic heterocycles. The molecule has 2 aliphatic rings. The number of ketones is 1. The number of hydrogen-bond acceptors (Lipinski definition) is 8. The predicted octanol–water partition coefficient (Wildman–Crippen LogP) is 3.77. The Labute approximate surface area is 250 Å². The summed E-state index contributed by atoms with van der Waals surface area (Å²) in [6.07, 6.45) is 3.06. The summed E-state index contributed by atoms with van der Waals surface area (Å²) in [5.41, 5.74) is 3.56. The molecule has 216 valence electrons. The number of fused-ring (bicyclic) bond motifs is 2. The van der Waals surface area contributed by atoms with Crippen molar-refractivity contribution in [1.82, 2.24) is 29.6 Å². The van der Waals surface area contributed by atoms with E-state index >= 15 is 0 Å². The summed E-state index contributed by atoms with van der Waals surface area (Å²) in [7, 11) is 0. The summed E-state index contributed by atoms with van der Waals surface area (Å²) in [6, 6.07) is 6.15. The van der Waals surface area contributed by atoms with Gasteiger partial charge in [-0.1, -0.05) is 13.0 Å². The normalized spacial score (nSPS) is 22.7. The number of aromatic nitrogens is 5. The smallest absolute Gasteiger partial charge is 0.248 e. The minimum Gasteiger partial charge on any atom is -0.390 e. The molecule has 2 N–H and O–H groups in total. The average Bonchev–Trinajstić information content (AvgIpc) is 3.21. The van der Waals surface area contributed by atoms with Crippen LogP contribution in [0.4, 0.5) is 5.82 Å². The molecule has 4 aromatic rings. The Morgan fingerprint density at radius 2 is 1.81 bits per heavy atom. The van der Waals surface area contributed by atoms with Crippen molar-refractivity contribution in [3.05, 3.63) is 63.9 Å². The van der Waals surface area contributed by atoms with E-state index in [1.165, 1.54) is 16.5 Å². The molecule has 4 atom stereocenters. The number of aliphatic hydroxyl groups is 1. The number of Topliss-reactive ketones (excluding diaryl/α,β-unsaturated/α-hetero) is 1. The molecule has 4 heterocycles. The number of rotatable bonds is 6. The van der Waals surface area contributed by atoms with Gasteiger partial charge in [-0.3, -0.25) is 19.1 Å². The van der Waals surface area contributed by atoms with Crippen molar-refractivity contribution in [1.29, 1.82) is 0 Å². The number of pyridine rings is 1. The van der Waals surface area contributed by atoms with E-state index in [0.29, 0.717) is 33.6 Å². The van der Waals surface area contributed by atoms with Gasteiger partial charge in [0.2, 0.25) is 11.8 Å². The van der Waals surface area contributed by atoms with E-state index in [1.807, 2.05) is 45.9 Å². The largest absolute Gasteiger partial charge is 0.390 e. The van der Waals surface area contributed by atoms with E-state index in [4.69, 9.17) is 0 Å². The number of hydrogen-bond donors (Lipinski definition) is 2. The molecule has 0 spiro atoms. The summed E-state index contributed by atoms with van der Waals surface area (Å²) in [4.78, 5) is 54.5. The molecule has 12 heteroatoms. The number of aryl methyl sites for hydroxylation is 3. The van der Waals surface area contributed by atoms with Crippen molar-refractivity contribution in [2.24, 2.45) is 5.41 Å². The van der Waals surface area contributed by atoms with Crippen LogP contribution in [-0.4, -0.2) is 70.5 Å². The number of piperidine rings is 1. The number of halogens is 1. The monoisotopic (exact) mass is 631 g/mol. The molecule has 0 unspecified atom stereocenters. The van der Waals surface area contributed by atoms with Gasteiger partial charge in [0.1, 0.15) is 34.5 Å². The predicted molar refractivity (Wildman–Crippen MR) is 159 cm³/mol. The molecule has 0 radical (unpaired) electrons. The van der Waals surface area contributed by atoms with Crippen LogP contribution in [-0.2, 0) is 16.1 Å². The fraction of sp³-hybridized carbons (Fsp3) is 0.367. The van der Waals surface area contributed by atoms with Gasteiger partial charge in [-0.25, -0.2) is 15.0 Å². The molecule has 1 saturated carbocycles. The summed E-state index contributed by atoms with van der Waals surface area (Å²) >= 11 is 3.33. The molecular weight excluding hydrogens is 602 g/mol. The first-order valence-corrected chi connectivity index (χ1v) is 14.4. The first kappa shape index (κ1) is 28.1. The number of aliphatic hydroxyl groups excluding tert-OH is 1. The van der Waals surface area contributed by atoms with Crippen molar-refractivity contribution in [2.45, 2.75) is 65.8 Å². The molecule has 3 aromatic heterocycles. The van der Waals surface area contributed by atoms with Crippen molar-refractivity contribution in [2.75, 3.05) is 5.32 Å². The lowest BCUT2D eigenvalue weighted by Crippen LogP contribution is -2.48. The Hall–Kier alpha value is -4.03. The van der Waals surface area contributed by atoms with Crippen LogP contribution in [0.15, 0.2) is 41.3 Å². The number of nitrogens with one attached hydrogen (secondary N) is 1. The van der Waals surface area contributed by atoms with E-state index in [-0.39, 0.29) is 29.8 Å². The van der Waals surface area contributed by atoms with Crippen LogP contribution in [0.2, 0.25) is 0 Å². The molecule has 1 saturated heterocycles. The van der Waals surface area contributed by atoms with Crippen LogP contribution in [0.25, 0.3) is 22.0 Å². The summed E-state index contributed by atoms with van der Waals surface area (Å²) in [5, 5.41) is 18.7. The zero-order valence-corrected chi connectivity index (χ0v) is 25.4. The summed E-state index contributed by atoms with van der Waals surface area (Å²) < 4.78 is 2.10. The Bertz CT molecular complexity index is 1790. The van der Waals surface area contributed by atoms with Gasteiger partial charge in [0.15, 0.2) is 5.78 Å². The fourth-order valence-corrected chi connectivity index (χ4v) is 6.45. The number of carbonyl (C=O) groups excluding carboxylic acids is 3. The van der Waals surface area contributed by atoms with Crippen LogP contribution in [0.1, 0.15) is 47.7 Å². The lowest BCUT2D eigenvalue weighted by atomic mass is 10.0. The van der Waals surface area contributed by atoms with E-state index in [1.54, 1.807) is 18.5 Å². The lowest BCUT2D eigenvalue weighted by molar-refractivity contribution is -0.139. The van der Waals surface area contributed by atoms with Gasteiger partial charge in [0, 0.05) is 35.7 Å². The number of carbonyl (C=O) groups is 3. The molecule has 2 amide bonds. The maximum absolute atomic E-state index is 13.9. The highest BCUT2D eigenvalue weighted by atomic mass is 79.9. The first-order valence-electron chi connectivity index (χ1n) is 13.6. The van der Waals surface area contributed by atoms with Crippen molar-refractivity contribution in [3.63, 3.8) is 0 Å². The lowest BCUT2D eigenvalue weighted by Gasteiger charge is -2.28. The Morgan fingerprint density at radius 3 is 2.50 bits per heavy atom. The van der Waals surface area contributed by atoms with E-state index in [0.717, 1.165) is 22.3 Å². The Morgan fingerprint density at radius 1 is 1.10 bits per heavy atom.